The third-order valence-corrected chi connectivity index (χ3v) is 5.06. The molecule has 0 aliphatic carbocycles. The van der Waals surface area contributed by atoms with Gasteiger partial charge in [-0.2, -0.15) is 0 Å². The van der Waals surface area contributed by atoms with Gasteiger partial charge in [-0.1, -0.05) is 11.6 Å². The van der Waals surface area contributed by atoms with Crippen LogP contribution in [0.1, 0.15) is 0 Å². The lowest BCUT2D eigenvalue weighted by Gasteiger charge is -2.03. The molecule has 0 atom stereocenters. The topological polar surface area (TPSA) is 34.1 Å². The van der Waals surface area contributed by atoms with E-state index < -0.39 is 9.05 Å². The number of rotatable bonds is 1. The molecule has 1 aromatic carbocycles. The van der Waals surface area contributed by atoms with E-state index >= 15 is 0 Å². The van der Waals surface area contributed by atoms with Crippen LogP contribution in [-0.2, 0) is 9.05 Å². The van der Waals surface area contributed by atoms with Gasteiger partial charge >= 0.3 is 0 Å². The van der Waals surface area contributed by atoms with Crippen molar-refractivity contribution in [3.63, 3.8) is 0 Å². The molecule has 0 amide bonds. The van der Waals surface area contributed by atoms with Crippen LogP contribution in [0.3, 0.4) is 0 Å². The fourth-order valence-corrected chi connectivity index (χ4v) is 3.82. The smallest absolute Gasteiger partial charge is 0.207 e. The molecule has 0 fully saturated rings. The Morgan fingerprint density at radius 2 is 1.77 bits per heavy atom. The van der Waals surface area contributed by atoms with E-state index in [9.17, 15) is 8.42 Å². The van der Waals surface area contributed by atoms with Crippen LogP contribution >= 0.6 is 54.1 Å². The fourth-order valence-electron chi connectivity index (χ4n) is 0.710. The summed E-state index contributed by atoms with van der Waals surface area (Å²) in [6.45, 7) is 0. The average molecular weight is 369 g/mol. The molecule has 0 heterocycles. The molecule has 0 radical (unpaired) electrons. The van der Waals surface area contributed by atoms with Gasteiger partial charge in [-0.05, 0) is 44.0 Å². The molecular formula is C6H2Br2Cl2O2S. The van der Waals surface area contributed by atoms with Crippen LogP contribution in [-0.4, -0.2) is 8.42 Å². The summed E-state index contributed by atoms with van der Waals surface area (Å²) in [4.78, 5) is -0.0476. The molecule has 1 aromatic rings. The van der Waals surface area contributed by atoms with Crippen molar-refractivity contribution in [3.05, 3.63) is 26.1 Å². The zero-order valence-corrected chi connectivity index (χ0v) is 11.4. The van der Waals surface area contributed by atoms with Crippen LogP contribution in [0.4, 0.5) is 0 Å². The summed E-state index contributed by atoms with van der Waals surface area (Å²) in [6, 6.07) is 2.84. The highest BCUT2D eigenvalue weighted by atomic mass is 79.9. The van der Waals surface area contributed by atoms with E-state index in [0.717, 1.165) is 0 Å². The maximum Gasteiger partial charge on any atom is 0.262 e. The fraction of sp³-hybridized carbons (Fsp3) is 0. The minimum Gasteiger partial charge on any atom is -0.207 e. The Kier molecular flexibility index (Phi) is 3.68. The maximum absolute atomic E-state index is 11.0. The predicted octanol–water partition coefficient (Wildman–Crippen LogP) is 3.79. The zero-order valence-electron chi connectivity index (χ0n) is 5.89. The largest absolute Gasteiger partial charge is 0.262 e. The molecular weight excluding hydrogens is 367 g/mol. The highest BCUT2D eigenvalue weighted by Gasteiger charge is 2.17. The summed E-state index contributed by atoms with van der Waals surface area (Å²) < 4.78 is 22.9. The Morgan fingerprint density at radius 3 is 2.23 bits per heavy atom. The van der Waals surface area contributed by atoms with Crippen LogP contribution in [0.15, 0.2) is 26.0 Å². The molecule has 0 saturated heterocycles. The Morgan fingerprint density at radius 1 is 1.23 bits per heavy atom. The van der Waals surface area contributed by atoms with E-state index in [2.05, 4.69) is 31.9 Å². The molecule has 1 rings (SSSR count). The average Bonchev–Trinajstić information content (AvgIpc) is 1.94. The Bertz CT molecular complexity index is 444. The second-order valence-electron chi connectivity index (χ2n) is 2.14. The second-order valence-corrected chi connectivity index (χ2v) is 6.76. The van der Waals surface area contributed by atoms with Gasteiger partial charge < -0.3 is 0 Å². The third kappa shape index (κ3) is 2.83. The van der Waals surface area contributed by atoms with E-state index in [0.29, 0.717) is 14.0 Å². The predicted molar refractivity (Wildman–Crippen MR) is 59.9 cm³/mol. The van der Waals surface area contributed by atoms with Crippen molar-refractivity contribution in [2.45, 2.75) is 4.90 Å². The van der Waals surface area contributed by atoms with Crippen LogP contribution < -0.4 is 0 Å². The number of hydrogen-bond acceptors (Lipinski definition) is 2. The van der Waals surface area contributed by atoms with Gasteiger partial charge in [-0.25, -0.2) is 8.42 Å². The molecule has 0 N–H and O–H groups in total. The first-order chi connectivity index (χ1) is 5.82. The van der Waals surface area contributed by atoms with Gasteiger partial charge in [0.1, 0.15) is 0 Å². The number of halogens is 4. The van der Waals surface area contributed by atoms with Gasteiger partial charge in [0, 0.05) is 20.2 Å². The van der Waals surface area contributed by atoms with Gasteiger partial charge in [-0.3, -0.25) is 0 Å². The normalized spacial score (nSPS) is 11.7. The third-order valence-electron chi connectivity index (χ3n) is 1.22. The van der Waals surface area contributed by atoms with Crippen molar-refractivity contribution in [1.29, 1.82) is 0 Å². The molecule has 0 bridgehead atoms. The van der Waals surface area contributed by atoms with Crippen LogP contribution in [0.5, 0.6) is 0 Å². The maximum atomic E-state index is 11.0. The zero-order chi connectivity index (χ0) is 10.2. The van der Waals surface area contributed by atoms with E-state index in [-0.39, 0.29) is 4.90 Å². The van der Waals surface area contributed by atoms with Crippen LogP contribution in [0.2, 0.25) is 5.02 Å². The van der Waals surface area contributed by atoms with Crippen molar-refractivity contribution in [2.24, 2.45) is 0 Å². The molecule has 0 aliphatic rings. The van der Waals surface area contributed by atoms with Crippen molar-refractivity contribution in [2.75, 3.05) is 0 Å². The number of benzene rings is 1. The summed E-state index contributed by atoms with van der Waals surface area (Å²) in [5, 5.41) is 0.300. The van der Waals surface area contributed by atoms with Gasteiger partial charge in [0.2, 0.25) is 0 Å². The summed E-state index contributed by atoms with van der Waals surface area (Å²) >= 11 is 11.9. The molecule has 2 nitrogen and oxygen atoms in total. The molecule has 7 heteroatoms. The van der Waals surface area contributed by atoms with Gasteiger partial charge in [0.25, 0.3) is 9.05 Å². The van der Waals surface area contributed by atoms with Crippen molar-refractivity contribution in [1.82, 2.24) is 0 Å². The molecule has 72 valence electrons. The Labute approximate surface area is 102 Å². The first-order valence-electron chi connectivity index (χ1n) is 2.91. The lowest BCUT2D eigenvalue weighted by molar-refractivity contribution is 0.609. The molecule has 13 heavy (non-hydrogen) atoms. The highest BCUT2D eigenvalue weighted by molar-refractivity contribution is 9.13. The summed E-state index contributed by atoms with van der Waals surface area (Å²) in [5.74, 6) is 0. The lowest BCUT2D eigenvalue weighted by atomic mass is 10.4. The van der Waals surface area contributed by atoms with Gasteiger partial charge in [-0.15, -0.1) is 0 Å². The van der Waals surface area contributed by atoms with Crippen molar-refractivity contribution < 1.29 is 8.42 Å². The molecule has 0 aromatic heterocycles. The minimum atomic E-state index is -3.77. The highest BCUT2D eigenvalue weighted by Crippen LogP contribution is 2.34. The molecule has 0 saturated carbocycles. The lowest BCUT2D eigenvalue weighted by Crippen LogP contribution is -1.92. The molecule has 0 aliphatic heterocycles. The van der Waals surface area contributed by atoms with E-state index in [4.69, 9.17) is 22.3 Å². The first-order valence-corrected chi connectivity index (χ1v) is 7.19. The van der Waals surface area contributed by atoms with Gasteiger partial charge in [0.15, 0.2) is 0 Å². The van der Waals surface area contributed by atoms with Gasteiger partial charge in [0.05, 0.1) is 9.37 Å². The Balaban J connectivity index is 3.56. The standard InChI is InChI=1S/C6H2Br2Cl2O2S/c7-4-1-3(9)2-5(6(4)8)13(10,11)12/h1-2H. The molecule has 0 unspecified atom stereocenters. The van der Waals surface area contributed by atoms with Crippen LogP contribution in [0.25, 0.3) is 0 Å². The van der Waals surface area contributed by atoms with Crippen molar-refractivity contribution in [3.8, 4) is 0 Å². The Hall–Kier alpha value is 0.710. The van der Waals surface area contributed by atoms with Crippen molar-refractivity contribution >= 4 is 63.2 Å². The monoisotopic (exact) mass is 366 g/mol. The van der Waals surface area contributed by atoms with E-state index in [1.165, 1.54) is 6.07 Å². The SMILES string of the molecule is O=S(=O)(Cl)c1cc(Cl)cc(Br)c1Br. The summed E-state index contributed by atoms with van der Waals surface area (Å²) in [7, 11) is 1.40. The summed E-state index contributed by atoms with van der Waals surface area (Å²) in [6.07, 6.45) is 0. The quantitative estimate of drug-likeness (QED) is 0.558. The number of hydrogen-bond donors (Lipinski definition) is 0. The molecule has 0 spiro atoms. The summed E-state index contributed by atoms with van der Waals surface area (Å²) in [5.41, 5.74) is 0. The van der Waals surface area contributed by atoms with E-state index in [1.807, 2.05) is 0 Å². The second kappa shape index (κ2) is 4.06. The van der Waals surface area contributed by atoms with E-state index in [1.54, 1.807) is 6.07 Å². The minimum absolute atomic E-state index is 0.0476. The first kappa shape index (κ1) is 11.8. The van der Waals surface area contributed by atoms with Crippen LogP contribution in [0, 0.1) is 0 Å².